The predicted octanol–water partition coefficient (Wildman–Crippen LogP) is 13.9. The lowest BCUT2D eigenvalue weighted by molar-refractivity contribution is 0.591. The molecule has 4 aromatic heterocycles. The van der Waals surface area contributed by atoms with Crippen LogP contribution in [-0.2, 0) is 5.41 Å². The number of fused-ring (bicyclic) bond motifs is 7. The summed E-state index contributed by atoms with van der Waals surface area (Å²) in [5.41, 5.74) is 15.3. The van der Waals surface area contributed by atoms with Crippen LogP contribution in [0, 0.1) is 0 Å². The Hall–Kier alpha value is -7.24. The molecule has 0 saturated heterocycles. The van der Waals surface area contributed by atoms with E-state index in [1.165, 1.54) is 16.3 Å². The molecular formula is C52H38N4O. The number of nitrogens with zero attached hydrogens (tertiary/aromatic N) is 3. The molecule has 0 aliphatic carbocycles. The molecule has 57 heavy (non-hydrogen) atoms. The van der Waals surface area contributed by atoms with E-state index < -0.39 is 0 Å². The minimum atomic E-state index is -0.0948. The fourth-order valence-corrected chi connectivity index (χ4v) is 8.54. The number of furan rings is 1. The van der Waals surface area contributed by atoms with E-state index in [0.29, 0.717) is 0 Å². The highest BCUT2D eigenvalue weighted by Crippen LogP contribution is 2.43. The van der Waals surface area contributed by atoms with E-state index in [0.717, 1.165) is 94.6 Å². The molecule has 5 nitrogen and oxygen atoms in total. The van der Waals surface area contributed by atoms with E-state index in [4.69, 9.17) is 14.4 Å². The van der Waals surface area contributed by atoms with E-state index in [1.54, 1.807) is 0 Å². The van der Waals surface area contributed by atoms with Crippen molar-refractivity contribution in [2.24, 2.45) is 0 Å². The second kappa shape index (κ2) is 12.7. The number of imidazole rings is 1. The molecule has 0 amide bonds. The molecule has 0 bridgehead atoms. The lowest BCUT2D eigenvalue weighted by Gasteiger charge is -2.21. The fourth-order valence-electron chi connectivity index (χ4n) is 8.54. The third-order valence-corrected chi connectivity index (χ3v) is 11.4. The van der Waals surface area contributed by atoms with Crippen molar-refractivity contribution >= 4 is 54.8 Å². The van der Waals surface area contributed by atoms with E-state index >= 15 is 0 Å². The molecule has 0 spiro atoms. The lowest BCUT2D eigenvalue weighted by Crippen LogP contribution is -2.11. The van der Waals surface area contributed by atoms with Crippen LogP contribution in [0.3, 0.4) is 0 Å². The molecule has 0 fully saturated rings. The summed E-state index contributed by atoms with van der Waals surface area (Å²) >= 11 is 0. The van der Waals surface area contributed by atoms with Gasteiger partial charge in [0.2, 0.25) is 0 Å². The highest BCUT2D eigenvalue weighted by atomic mass is 16.3. The highest BCUT2D eigenvalue weighted by Gasteiger charge is 2.25. The maximum atomic E-state index is 6.43. The van der Waals surface area contributed by atoms with Gasteiger partial charge in [0.25, 0.3) is 0 Å². The molecule has 11 rings (SSSR count). The van der Waals surface area contributed by atoms with Gasteiger partial charge in [-0.3, -0.25) is 9.55 Å². The number of nitrogens with one attached hydrogen (secondary N) is 1. The van der Waals surface area contributed by atoms with Crippen molar-refractivity contribution < 1.29 is 4.42 Å². The van der Waals surface area contributed by atoms with Crippen molar-refractivity contribution in [2.75, 3.05) is 0 Å². The number of rotatable bonds is 5. The van der Waals surface area contributed by atoms with Gasteiger partial charge in [-0.2, -0.15) is 0 Å². The molecule has 7 aromatic carbocycles. The molecule has 0 radical (unpaired) electrons. The Bertz CT molecular complexity index is 3340. The van der Waals surface area contributed by atoms with Crippen LogP contribution >= 0.6 is 0 Å². The molecule has 0 aliphatic heterocycles. The summed E-state index contributed by atoms with van der Waals surface area (Å²) in [6.45, 7) is 6.85. The van der Waals surface area contributed by atoms with Crippen LogP contribution in [0.25, 0.3) is 105 Å². The van der Waals surface area contributed by atoms with Crippen LogP contribution in [0.5, 0.6) is 0 Å². The van der Waals surface area contributed by atoms with E-state index in [2.05, 4.69) is 170 Å². The van der Waals surface area contributed by atoms with Crippen molar-refractivity contribution in [1.82, 2.24) is 19.5 Å². The average molecular weight is 735 g/mol. The Morgan fingerprint density at radius 3 is 2.16 bits per heavy atom. The number of para-hydroxylation sites is 4. The number of hydrogen-bond donors (Lipinski definition) is 1. The number of hydrogen-bond acceptors (Lipinski definition) is 3. The zero-order valence-electron chi connectivity index (χ0n) is 31.9. The summed E-state index contributed by atoms with van der Waals surface area (Å²) in [5, 5.41) is 4.55. The first kappa shape index (κ1) is 33.1. The molecule has 1 N–H and O–H groups in total. The molecule has 0 saturated carbocycles. The summed E-state index contributed by atoms with van der Waals surface area (Å²) in [6, 6.07) is 58.0. The lowest BCUT2D eigenvalue weighted by atomic mass is 9.85. The van der Waals surface area contributed by atoms with E-state index in [9.17, 15) is 0 Å². The monoisotopic (exact) mass is 734 g/mol. The smallest absolute Gasteiger partial charge is 0.161 e. The van der Waals surface area contributed by atoms with Crippen molar-refractivity contribution in [3.8, 4) is 50.6 Å². The number of H-pyrrole nitrogens is 1. The van der Waals surface area contributed by atoms with Crippen molar-refractivity contribution in [3.05, 3.63) is 176 Å². The predicted molar refractivity (Wildman–Crippen MR) is 236 cm³/mol. The van der Waals surface area contributed by atoms with Crippen LogP contribution in [0.4, 0.5) is 0 Å². The largest absolute Gasteiger partial charge is 0.454 e. The Balaban J connectivity index is 1.20. The Morgan fingerprint density at radius 2 is 1.28 bits per heavy atom. The van der Waals surface area contributed by atoms with Gasteiger partial charge in [-0.15, -0.1) is 0 Å². The quantitative estimate of drug-likeness (QED) is 0.191. The third-order valence-electron chi connectivity index (χ3n) is 11.4. The Morgan fingerprint density at radius 1 is 0.561 bits per heavy atom. The first-order valence-corrected chi connectivity index (χ1v) is 19.5. The number of aromatic amines is 1. The van der Waals surface area contributed by atoms with Gasteiger partial charge in [0.15, 0.2) is 5.58 Å². The minimum absolute atomic E-state index is 0.0948. The van der Waals surface area contributed by atoms with Gasteiger partial charge in [0.05, 0.1) is 22.2 Å². The fraction of sp³-hybridized carbons (Fsp3) is 0.0769. The van der Waals surface area contributed by atoms with Crippen LogP contribution in [-0.4, -0.2) is 19.5 Å². The summed E-state index contributed by atoms with van der Waals surface area (Å²) in [6.07, 6.45) is 1.88. The van der Waals surface area contributed by atoms with Gasteiger partial charge >= 0.3 is 0 Å². The van der Waals surface area contributed by atoms with Gasteiger partial charge in [-0.25, -0.2) is 4.98 Å². The first-order valence-electron chi connectivity index (χ1n) is 19.5. The van der Waals surface area contributed by atoms with Gasteiger partial charge in [-0.05, 0) is 70.6 Å². The maximum Gasteiger partial charge on any atom is 0.161 e. The second-order valence-corrected chi connectivity index (χ2v) is 15.9. The van der Waals surface area contributed by atoms with Crippen LogP contribution in [0.1, 0.15) is 26.3 Å². The van der Waals surface area contributed by atoms with Gasteiger partial charge in [0.1, 0.15) is 17.1 Å². The molecule has 0 unspecified atom stereocenters. The van der Waals surface area contributed by atoms with Crippen molar-refractivity contribution in [1.29, 1.82) is 0 Å². The summed E-state index contributed by atoms with van der Waals surface area (Å²) in [7, 11) is 0. The summed E-state index contributed by atoms with van der Waals surface area (Å²) in [4.78, 5) is 14.4. The minimum Gasteiger partial charge on any atom is -0.454 e. The zero-order chi connectivity index (χ0) is 38.3. The van der Waals surface area contributed by atoms with Crippen LogP contribution < -0.4 is 0 Å². The molecular weight excluding hydrogens is 697 g/mol. The van der Waals surface area contributed by atoms with E-state index in [-0.39, 0.29) is 5.41 Å². The number of aromatic nitrogens is 4. The molecule has 272 valence electrons. The summed E-state index contributed by atoms with van der Waals surface area (Å²) < 4.78 is 8.80. The number of benzene rings is 7. The normalized spacial score (nSPS) is 12.1. The maximum absolute atomic E-state index is 6.43. The van der Waals surface area contributed by atoms with Crippen LogP contribution in [0.2, 0.25) is 0 Å². The summed E-state index contributed by atoms with van der Waals surface area (Å²) in [5.74, 6) is 0.883. The van der Waals surface area contributed by atoms with Gasteiger partial charge in [-0.1, -0.05) is 136 Å². The van der Waals surface area contributed by atoms with Gasteiger partial charge in [0, 0.05) is 55.5 Å². The number of pyridine rings is 1. The molecule has 5 heteroatoms. The molecule has 0 aliphatic rings. The second-order valence-electron chi connectivity index (χ2n) is 15.9. The average Bonchev–Trinajstić information content (AvgIpc) is 3.95. The Labute approximate surface area is 329 Å². The first-order chi connectivity index (χ1) is 27.9. The SMILES string of the molecule is CC(C)(C)c1cc(-c2nc3c(-c4cccc(-c5nccc6c5oc5ccccc56)c4)cccc3n2-c2ccccc2-c2ccccc2)c2[nH]c3ccccc3c2c1. The topological polar surface area (TPSA) is 59.6 Å². The third kappa shape index (κ3) is 5.31. The zero-order valence-corrected chi connectivity index (χ0v) is 31.9. The van der Waals surface area contributed by atoms with Gasteiger partial charge < -0.3 is 9.40 Å². The van der Waals surface area contributed by atoms with E-state index in [1.807, 2.05) is 30.5 Å². The highest BCUT2D eigenvalue weighted by molar-refractivity contribution is 6.13. The molecule has 0 atom stereocenters. The molecule has 11 aromatic rings. The Kier molecular flexibility index (Phi) is 7.35. The van der Waals surface area contributed by atoms with Crippen LogP contribution in [0.15, 0.2) is 174 Å². The standard InChI is InChI=1S/C52H38N4O/c1-52(2,3)35-30-41-38-20-7-10-23-43(38)54-48(41)42(31-35)51-55-49-37(22-14-25-45(49)56(51)44-24-11-8-19-36(44)32-15-5-4-6-16-32)33-17-13-18-34(29-33)47-50-40(27-28-53-47)39-21-9-12-26-46(39)57-50/h4-31,54H,1-3H3. The molecule has 4 heterocycles. The van der Waals surface area contributed by atoms with Crippen molar-refractivity contribution in [2.45, 2.75) is 26.2 Å². The van der Waals surface area contributed by atoms with Crippen molar-refractivity contribution in [3.63, 3.8) is 0 Å².